The molecule has 1 aliphatic heterocycles. The van der Waals surface area contributed by atoms with Crippen LogP contribution >= 0.6 is 0 Å². The summed E-state index contributed by atoms with van der Waals surface area (Å²) in [5.74, 6) is -0.739. The van der Waals surface area contributed by atoms with E-state index in [1.54, 1.807) is 31.2 Å². The summed E-state index contributed by atoms with van der Waals surface area (Å²) in [6.07, 6.45) is -4.70. The number of anilines is 1. The quantitative estimate of drug-likeness (QED) is 0.735. The van der Waals surface area contributed by atoms with Crippen molar-refractivity contribution in [2.75, 3.05) is 18.1 Å². The van der Waals surface area contributed by atoms with E-state index in [0.29, 0.717) is 11.4 Å². The number of alkyl halides is 3. The molecule has 1 aliphatic rings. The third-order valence-corrected chi connectivity index (χ3v) is 4.28. The van der Waals surface area contributed by atoms with Crippen molar-refractivity contribution in [3.8, 4) is 5.75 Å². The van der Waals surface area contributed by atoms with Gasteiger partial charge in [0.15, 0.2) is 0 Å². The Labute approximate surface area is 159 Å². The number of fused-ring (bicyclic) bond motifs is 1. The van der Waals surface area contributed by atoms with Crippen molar-refractivity contribution >= 4 is 17.6 Å². The van der Waals surface area contributed by atoms with E-state index in [9.17, 15) is 22.8 Å². The smallest absolute Gasteiger partial charge is 0.416 e. The zero-order chi connectivity index (χ0) is 20.3. The molecule has 2 aromatic rings. The maximum absolute atomic E-state index is 13.1. The lowest BCUT2D eigenvalue weighted by Crippen LogP contribution is -2.48. The third-order valence-electron chi connectivity index (χ3n) is 4.28. The van der Waals surface area contributed by atoms with Gasteiger partial charge in [0.25, 0.3) is 5.91 Å². The fourth-order valence-corrected chi connectivity index (χ4v) is 3.04. The predicted molar refractivity (Wildman–Crippen MR) is 95.2 cm³/mol. The second kappa shape index (κ2) is 7.92. The fourth-order valence-electron chi connectivity index (χ4n) is 3.04. The molecule has 0 saturated carbocycles. The first kappa shape index (κ1) is 19.7. The molecule has 1 heterocycles. The zero-order valence-corrected chi connectivity index (χ0v) is 15.0. The Morgan fingerprint density at radius 2 is 1.93 bits per heavy atom. The number of esters is 1. The van der Waals surface area contributed by atoms with Gasteiger partial charge >= 0.3 is 12.1 Å². The van der Waals surface area contributed by atoms with E-state index in [1.807, 2.05) is 0 Å². The molecule has 0 saturated heterocycles. The summed E-state index contributed by atoms with van der Waals surface area (Å²) in [7, 11) is 0. The molecular weight excluding hydrogens is 375 g/mol. The van der Waals surface area contributed by atoms with Gasteiger partial charge in [-0.3, -0.25) is 14.5 Å². The standard InChI is InChI=1S/C20H18F3NO4/c1-2-27-18(25)11-15-12-28-17-9-4-3-8-16(17)24(15)19(26)13-6-5-7-14(10-13)20(21,22)23/h3-10,15H,2,11-12H2,1H3. The number of hydrogen-bond donors (Lipinski definition) is 0. The Balaban J connectivity index is 1.99. The van der Waals surface area contributed by atoms with Crippen LogP contribution in [0.3, 0.4) is 0 Å². The number of carbonyl (C=O) groups excluding carboxylic acids is 2. The summed E-state index contributed by atoms with van der Waals surface area (Å²) in [6, 6.07) is 10.2. The Hall–Kier alpha value is -3.03. The van der Waals surface area contributed by atoms with Crippen LogP contribution in [-0.2, 0) is 15.7 Å². The van der Waals surface area contributed by atoms with E-state index < -0.39 is 29.7 Å². The van der Waals surface area contributed by atoms with Gasteiger partial charge in [0.1, 0.15) is 12.4 Å². The maximum Gasteiger partial charge on any atom is 0.416 e. The number of nitrogens with zero attached hydrogens (tertiary/aromatic N) is 1. The number of carbonyl (C=O) groups is 2. The summed E-state index contributed by atoms with van der Waals surface area (Å²) in [6.45, 7) is 1.88. The van der Waals surface area contributed by atoms with Gasteiger partial charge in [-0.15, -0.1) is 0 Å². The number of para-hydroxylation sites is 2. The van der Waals surface area contributed by atoms with Gasteiger partial charge in [-0.1, -0.05) is 18.2 Å². The molecule has 3 rings (SSSR count). The summed E-state index contributed by atoms with van der Waals surface area (Å²) in [5, 5.41) is 0. The highest BCUT2D eigenvalue weighted by Gasteiger charge is 2.36. The van der Waals surface area contributed by atoms with E-state index in [2.05, 4.69) is 0 Å². The van der Waals surface area contributed by atoms with Crippen LogP contribution in [0.15, 0.2) is 48.5 Å². The SMILES string of the molecule is CCOC(=O)CC1COc2ccccc2N1C(=O)c1cccc(C(F)(F)F)c1. The van der Waals surface area contributed by atoms with Crippen LogP contribution in [0.2, 0.25) is 0 Å². The third kappa shape index (κ3) is 4.11. The van der Waals surface area contributed by atoms with Crippen molar-refractivity contribution in [2.45, 2.75) is 25.6 Å². The Morgan fingerprint density at radius 1 is 1.18 bits per heavy atom. The molecule has 148 valence electrons. The Morgan fingerprint density at radius 3 is 2.64 bits per heavy atom. The molecule has 1 amide bonds. The summed E-state index contributed by atoms with van der Waals surface area (Å²) < 4.78 is 49.7. The fraction of sp³-hybridized carbons (Fsp3) is 0.300. The molecule has 2 aromatic carbocycles. The summed E-state index contributed by atoms with van der Waals surface area (Å²) >= 11 is 0. The van der Waals surface area contributed by atoms with E-state index in [0.717, 1.165) is 12.1 Å². The average molecular weight is 393 g/mol. The first-order valence-corrected chi connectivity index (χ1v) is 8.69. The van der Waals surface area contributed by atoms with Crippen LogP contribution in [0.25, 0.3) is 0 Å². The van der Waals surface area contributed by atoms with E-state index in [-0.39, 0.29) is 25.2 Å². The van der Waals surface area contributed by atoms with Gasteiger partial charge in [-0.05, 0) is 37.3 Å². The number of benzene rings is 2. The molecule has 0 fully saturated rings. The molecular formula is C20H18F3NO4. The van der Waals surface area contributed by atoms with Crippen molar-refractivity contribution in [3.05, 3.63) is 59.7 Å². The first-order valence-electron chi connectivity index (χ1n) is 8.69. The number of ether oxygens (including phenoxy) is 2. The molecule has 0 aliphatic carbocycles. The normalized spacial score (nSPS) is 16.1. The topological polar surface area (TPSA) is 55.8 Å². The maximum atomic E-state index is 13.1. The lowest BCUT2D eigenvalue weighted by atomic mass is 10.0. The highest BCUT2D eigenvalue weighted by Crippen LogP contribution is 2.36. The van der Waals surface area contributed by atoms with E-state index in [1.165, 1.54) is 17.0 Å². The van der Waals surface area contributed by atoms with Crippen molar-refractivity contribution in [1.82, 2.24) is 0 Å². The van der Waals surface area contributed by atoms with Crippen molar-refractivity contribution < 1.29 is 32.2 Å². The van der Waals surface area contributed by atoms with Gasteiger partial charge in [-0.25, -0.2) is 0 Å². The highest BCUT2D eigenvalue weighted by atomic mass is 19.4. The molecule has 0 radical (unpaired) electrons. The number of halogens is 3. The van der Waals surface area contributed by atoms with Crippen LogP contribution in [0, 0.1) is 0 Å². The van der Waals surface area contributed by atoms with Crippen LogP contribution in [0.5, 0.6) is 5.75 Å². The minimum Gasteiger partial charge on any atom is -0.489 e. The second-order valence-electron chi connectivity index (χ2n) is 6.20. The molecule has 1 atom stereocenters. The summed E-state index contributed by atoms with van der Waals surface area (Å²) in [5.41, 5.74) is -0.646. The van der Waals surface area contributed by atoms with E-state index >= 15 is 0 Å². The first-order chi connectivity index (χ1) is 13.3. The number of amides is 1. The minimum absolute atomic E-state index is 0.0283. The average Bonchev–Trinajstić information content (AvgIpc) is 2.67. The minimum atomic E-state index is -4.57. The number of rotatable bonds is 4. The monoisotopic (exact) mass is 393 g/mol. The molecule has 0 N–H and O–H groups in total. The molecule has 8 heteroatoms. The Bertz CT molecular complexity index is 882. The molecule has 0 bridgehead atoms. The van der Waals surface area contributed by atoms with Crippen LogP contribution in [0.1, 0.15) is 29.3 Å². The van der Waals surface area contributed by atoms with Gasteiger partial charge < -0.3 is 9.47 Å². The van der Waals surface area contributed by atoms with Gasteiger partial charge in [0, 0.05) is 5.56 Å². The van der Waals surface area contributed by atoms with Crippen molar-refractivity contribution in [3.63, 3.8) is 0 Å². The molecule has 28 heavy (non-hydrogen) atoms. The lowest BCUT2D eigenvalue weighted by Gasteiger charge is -2.36. The summed E-state index contributed by atoms with van der Waals surface area (Å²) in [4.78, 5) is 26.4. The van der Waals surface area contributed by atoms with Crippen molar-refractivity contribution in [1.29, 1.82) is 0 Å². The van der Waals surface area contributed by atoms with Gasteiger partial charge in [0.05, 0.1) is 30.3 Å². The van der Waals surface area contributed by atoms with E-state index in [4.69, 9.17) is 9.47 Å². The lowest BCUT2D eigenvalue weighted by molar-refractivity contribution is -0.143. The molecule has 1 unspecified atom stereocenters. The highest BCUT2D eigenvalue weighted by molar-refractivity contribution is 6.08. The molecule has 0 aromatic heterocycles. The van der Waals surface area contributed by atoms with Crippen LogP contribution < -0.4 is 9.64 Å². The Kier molecular flexibility index (Phi) is 5.58. The van der Waals surface area contributed by atoms with Crippen LogP contribution in [-0.4, -0.2) is 31.1 Å². The zero-order valence-electron chi connectivity index (χ0n) is 15.0. The van der Waals surface area contributed by atoms with Gasteiger partial charge in [-0.2, -0.15) is 13.2 Å². The molecule has 0 spiro atoms. The second-order valence-corrected chi connectivity index (χ2v) is 6.20. The number of hydrogen-bond acceptors (Lipinski definition) is 4. The predicted octanol–water partition coefficient (Wildman–Crippen LogP) is 4.07. The van der Waals surface area contributed by atoms with Crippen LogP contribution in [0.4, 0.5) is 18.9 Å². The van der Waals surface area contributed by atoms with Crippen molar-refractivity contribution in [2.24, 2.45) is 0 Å². The molecule has 5 nitrogen and oxygen atoms in total. The largest absolute Gasteiger partial charge is 0.489 e. The van der Waals surface area contributed by atoms with Gasteiger partial charge in [0.2, 0.25) is 0 Å².